The number of fused-ring (bicyclic) bond motifs is 1. The van der Waals surface area contributed by atoms with Gasteiger partial charge in [0.2, 0.25) is 5.91 Å². The fourth-order valence-electron chi connectivity index (χ4n) is 4.13. The average Bonchev–Trinajstić information content (AvgIpc) is 3.09. The van der Waals surface area contributed by atoms with Gasteiger partial charge in [-0.3, -0.25) is 9.69 Å². The zero-order valence-electron chi connectivity index (χ0n) is 17.3. The Morgan fingerprint density at radius 2 is 1.81 bits per heavy atom. The van der Waals surface area contributed by atoms with Crippen molar-refractivity contribution in [2.75, 3.05) is 31.1 Å². The van der Waals surface area contributed by atoms with E-state index in [0.29, 0.717) is 0 Å². The normalized spacial score (nSPS) is 15.6. The van der Waals surface area contributed by atoms with Gasteiger partial charge in [0.15, 0.2) is 5.13 Å². The van der Waals surface area contributed by atoms with Crippen molar-refractivity contribution in [2.45, 2.75) is 59.8 Å². The third kappa shape index (κ3) is 4.69. The van der Waals surface area contributed by atoms with Gasteiger partial charge in [-0.15, -0.1) is 0 Å². The molecule has 1 fully saturated rings. The Morgan fingerprint density at radius 1 is 1.11 bits per heavy atom. The molecule has 3 rings (SSSR count). The number of aromatic nitrogens is 1. The van der Waals surface area contributed by atoms with Crippen molar-refractivity contribution in [3.8, 4) is 0 Å². The largest absolute Gasteiger partial charge is 0.302 e. The molecule has 0 aliphatic heterocycles. The zero-order valence-corrected chi connectivity index (χ0v) is 18.1. The van der Waals surface area contributed by atoms with Crippen LogP contribution in [0.2, 0.25) is 0 Å². The lowest BCUT2D eigenvalue weighted by Crippen LogP contribution is -2.42. The summed E-state index contributed by atoms with van der Waals surface area (Å²) in [5, 5.41) is 0.876. The highest BCUT2D eigenvalue weighted by atomic mass is 32.1. The summed E-state index contributed by atoms with van der Waals surface area (Å²) in [5.41, 5.74) is 3.50. The molecule has 1 saturated carbocycles. The van der Waals surface area contributed by atoms with E-state index in [4.69, 9.17) is 4.98 Å². The molecule has 5 heteroatoms. The maximum atomic E-state index is 13.4. The maximum absolute atomic E-state index is 13.4. The summed E-state index contributed by atoms with van der Waals surface area (Å²) in [5.74, 6) is 0.459. The Bertz CT molecular complexity index is 775. The van der Waals surface area contributed by atoms with Gasteiger partial charge >= 0.3 is 0 Å². The van der Waals surface area contributed by atoms with Gasteiger partial charge in [0.25, 0.3) is 0 Å². The van der Waals surface area contributed by atoms with Crippen molar-refractivity contribution in [1.82, 2.24) is 9.88 Å². The third-order valence-corrected chi connectivity index (χ3v) is 7.02. The van der Waals surface area contributed by atoms with Crippen molar-refractivity contribution >= 4 is 32.6 Å². The maximum Gasteiger partial charge on any atom is 0.231 e. The van der Waals surface area contributed by atoms with Gasteiger partial charge < -0.3 is 4.90 Å². The molecule has 4 nitrogen and oxygen atoms in total. The SMILES string of the molecule is CCN(CC)CCN(C(=O)C1CCCCC1)c1nc2cc(C)cc(C)c2s1. The minimum absolute atomic E-state index is 0.172. The Labute approximate surface area is 167 Å². The van der Waals surface area contributed by atoms with E-state index in [9.17, 15) is 4.79 Å². The molecule has 1 aliphatic carbocycles. The number of carbonyl (C=O) groups excluding carboxylic acids is 1. The van der Waals surface area contributed by atoms with Crippen LogP contribution in [0.4, 0.5) is 5.13 Å². The number of likely N-dealkylation sites (N-methyl/N-ethyl adjacent to an activating group) is 1. The zero-order chi connectivity index (χ0) is 19.4. The van der Waals surface area contributed by atoms with Gasteiger partial charge in [-0.2, -0.15) is 0 Å². The van der Waals surface area contributed by atoms with Crippen LogP contribution in [-0.2, 0) is 4.79 Å². The van der Waals surface area contributed by atoms with Crippen molar-refractivity contribution < 1.29 is 4.79 Å². The van der Waals surface area contributed by atoms with Gasteiger partial charge in [-0.1, -0.05) is 50.5 Å². The molecule has 0 atom stereocenters. The summed E-state index contributed by atoms with van der Waals surface area (Å²) in [7, 11) is 0. The monoisotopic (exact) mass is 387 g/mol. The van der Waals surface area contributed by atoms with Gasteiger partial charge in [0.1, 0.15) is 0 Å². The molecule has 1 heterocycles. The molecule has 0 unspecified atom stereocenters. The minimum Gasteiger partial charge on any atom is -0.302 e. The number of nitrogens with zero attached hydrogens (tertiary/aromatic N) is 3. The van der Waals surface area contributed by atoms with E-state index in [0.717, 1.165) is 49.7 Å². The fourth-order valence-corrected chi connectivity index (χ4v) is 5.18. The van der Waals surface area contributed by atoms with Crippen LogP contribution in [0, 0.1) is 19.8 Å². The first-order valence-electron chi connectivity index (χ1n) is 10.4. The highest BCUT2D eigenvalue weighted by molar-refractivity contribution is 7.22. The molecule has 1 amide bonds. The Balaban J connectivity index is 1.90. The van der Waals surface area contributed by atoms with Gasteiger partial charge in [-0.25, -0.2) is 4.98 Å². The number of anilines is 1. The Hall–Kier alpha value is -1.46. The lowest BCUT2D eigenvalue weighted by molar-refractivity contribution is -0.123. The number of amides is 1. The smallest absolute Gasteiger partial charge is 0.231 e. The number of aryl methyl sites for hydroxylation is 2. The predicted octanol–water partition coefficient (Wildman–Crippen LogP) is 5.17. The van der Waals surface area contributed by atoms with Crippen molar-refractivity contribution in [1.29, 1.82) is 0 Å². The summed E-state index contributed by atoms with van der Waals surface area (Å²) in [4.78, 5) is 22.6. The molecule has 148 valence electrons. The summed E-state index contributed by atoms with van der Waals surface area (Å²) in [6.45, 7) is 12.3. The molecular weight excluding hydrogens is 354 g/mol. The van der Waals surface area contributed by atoms with Crippen LogP contribution in [0.25, 0.3) is 10.2 Å². The molecule has 27 heavy (non-hydrogen) atoms. The van der Waals surface area contributed by atoms with E-state index in [-0.39, 0.29) is 11.8 Å². The van der Waals surface area contributed by atoms with Crippen molar-refractivity contribution in [3.63, 3.8) is 0 Å². The second-order valence-corrected chi connectivity index (χ2v) is 8.76. The van der Waals surface area contributed by atoms with Crippen LogP contribution >= 0.6 is 11.3 Å². The van der Waals surface area contributed by atoms with E-state index < -0.39 is 0 Å². The highest BCUT2D eigenvalue weighted by Gasteiger charge is 2.29. The predicted molar refractivity (Wildman–Crippen MR) is 116 cm³/mol. The number of rotatable bonds is 7. The second-order valence-electron chi connectivity index (χ2n) is 7.78. The van der Waals surface area contributed by atoms with Crippen LogP contribution in [0.1, 0.15) is 57.1 Å². The van der Waals surface area contributed by atoms with Crippen LogP contribution < -0.4 is 4.90 Å². The molecular formula is C22H33N3OS. The standard InChI is InChI=1S/C22H33N3OS/c1-5-24(6-2)12-13-25(21(26)18-10-8-7-9-11-18)22-23-19-15-16(3)14-17(4)20(19)27-22/h14-15,18H,5-13H2,1-4H3. The Kier molecular flexibility index (Phi) is 6.88. The van der Waals surface area contributed by atoms with E-state index in [1.165, 1.54) is 35.1 Å². The first-order valence-corrected chi connectivity index (χ1v) is 11.3. The van der Waals surface area contributed by atoms with Gasteiger partial charge in [-0.05, 0) is 57.0 Å². The number of hydrogen-bond donors (Lipinski definition) is 0. The first kappa shape index (κ1) is 20.3. The van der Waals surface area contributed by atoms with Gasteiger partial charge in [0.05, 0.1) is 10.2 Å². The quantitative estimate of drug-likeness (QED) is 0.658. The first-order chi connectivity index (χ1) is 13.0. The number of carbonyl (C=O) groups is 1. The van der Waals surface area contributed by atoms with E-state index in [1.54, 1.807) is 11.3 Å². The molecule has 1 aromatic carbocycles. The molecule has 1 aliphatic rings. The Morgan fingerprint density at radius 3 is 2.48 bits per heavy atom. The molecule has 1 aromatic heterocycles. The lowest BCUT2D eigenvalue weighted by atomic mass is 9.88. The van der Waals surface area contributed by atoms with Crippen molar-refractivity contribution in [3.05, 3.63) is 23.3 Å². The molecule has 0 N–H and O–H groups in total. The van der Waals surface area contributed by atoms with E-state index >= 15 is 0 Å². The van der Waals surface area contributed by atoms with Crippen LogP contribution in [-0.4, -0.2) is 42.0 Å². The molecule has 0 spiro atoms. The topological polar surface area (TPSA) is 36.4 Å². The van der Waals surface area contributed by atoms with Crippen LogP contribution in [0.3, 0.4) is 0 Å². The van der Waals surface area contributed by atoms with E-state index in [1.807, 2.05) is 4.90 Å². The molecule has 0 bridgehead atoms. The average molecular weight is 388 g/mol. The van der Waals surface area contributed by atoms with E-state index in [2.05, 4.69) is 44.7 Å². The summed E-state index contributed by atoms with van der Waals surface area (Å²) in [6.07, 6.45) is 5.69. The fraction of sp³-hybridized carbons (Fsp3) is 0.636. The van der Waals surface area contributed by atoms with Crippen LogP contribution in [0.15, 0.2) is 12.1 Å². The van der Waals surface area contributed by atoms with Gasteiger partial charge in [0, 0.05) is 19.0 Å². The summed E-state index contributed by atoms with van der Waals surface area (Å²) in [6, 6.07) is 4.34. The molecule has 2 aromatic rings. The minimum atomic E-state index is 0.172. The second kappa shape index (κ2) is 9.16. The van der Waals surface area contributed by atoms with Crippen molar-refractivity contribution in [2.24, 2.45) is 5.92 Å². The summed E-state index contributed by atoms with van der Waals surface area (Å²) < 4.78 is 1.21. The number of hydrogen-bond acceptors (Lipinski definition) is 4. The lowest BCUT2D eigenvalue weighted by Gasteiger charge is -2.29. The van der Waals surface area contributed by atoms with Crippen LogP contribution in [0.5, 0.6) is 0 Å². The summed E-state index contributed by atoms with van der Waals surface area (Å²) >= 11 is 1.68. The molecule has 0 radical (unpaired) electrons. The third-order valence-electron chi connectivity index (χ3n) is 5.79. The highest BCUT2D eigenvalue weighted by Crippen LogP contribution is 2.34. The number of thiazole rings is 1. The number of benzene rings is 1. The molecule has 0 saturated heterocycles.